The number of hydrogen-bond acceptors (Lipinski definition) is 2. The van der Waals surface area contributed by atoms with Crippen molar-refractivity contribution in [2.75, 3.05) is 0 Å². The van der Waals surface area contributed by atoms with Gasteiger partial charge in [-0.05, 0) is 45.8 Å². The van der Waals surface area contributed by atoms with Gasteiger partial charge < -0.3 is 5.11 Å². The molecule has 2 aromatic rings. The molecular formula is C11H7BrF2OS. The van der Waals surface area contributed by atoms with Crippen molar-refractivity contribution in [3.8, 4) is 0 Å². The zero-order chi connectivity index (χ0) is 11.7. The quantitative estimate of drug-likeness (QED) is 0.893. The van der Waals surface area contributed by atoms with Crippen molar-refractivity contribution in [3.63, 3.8) is 0 Å². The molecule has 0 saturated heterocycles. The predicted molar refractivity (Wildman–Crippen MR) is 62.4 cm³/mol. The maximum absolute atomic E-state index is 13.0. The van der Waals surface area contributed by atoms with Gasteiger partial charge in [-0.2, -0.15) is 0 Å². The Morgan fingerprint density at radius 1 is 1.12 bits per heavy atom. The summed E-state index contributed by atoms with van der Waals surface area (Å²) in [5.74, 6) is -1.38. The summed E-state index contributed by atoms with van der Waals surface area (Å²) in [6, 6.07) is 6.52. The highest BCUT2D eigenvalue weighted by Gasteiger charge is 2.14. The minimum atomic E-state index is -0.999. The predicted octanol–water partition coefficient (Wildman–Crippen LogP) is 3.87. The fraction of sp³-hybridized carbons (Fsp3) is 0.0909. The number of aliphatic hydroxyl groups excluding tert-OH is 1. The number of benzene rings is 1. The molecule has 1 aromatic carbocycles. The zero-order valence-corrected chi connectivity index (χ0v) is 10.4. The van der Waals surface area contributed by atoms with Crippen molar-refractivity contribution in [3.05, 3.63) is 56.2 Å². The van der Waals surface area contributed by atoms with Crippen molar-refractivity contribution >= 4 is 27.3 Å². The number of halogens is 3. The second-order valence-corrected chi connectivity index (χ2v) is 5.74. The molecule has 5 heteroatoms. The Kier molecular flexibility index (Phi) is 3.37. The van der Waals surface area contributed by atoms with Gasteiger partial charge in [-0.3, -0.25) is 0 Å². The van der Waals surface area contributed by atoms with Crippen molar-refractivity contribution in [2.24, 2.45) is 0 Å². The van der Waals surface area contributed by atoms with E-state index in [2.05, 4.69) is 15.9 Å². The number of hydrogen-bond donors (Lipinski definition) is 1. The van der Waals surface area contributed by atoms with Gasteiger partial charge in [0.2, 0.25) is 0 Å². The minimum absolute atomic E-state index is 0.215. The molecule has 0 amide bonds. The van der Waals surface area contributed by atoms with Gasteiger partial charge in [0.05, 0.1) is 3.79 Å². The van der Waals surface area contributed by atoms with E-state index in [1.807, 2.05) is 0 Å². The van der Waals surface area contributed by atoms with Crippen LogP contribution in [0.5, 0.6) is 0 Å². The van der Waals surface area contributed by atoms with Crippen LogP contribution in [0.4, 0.5) is 8.78 Å². The molecule has 16 heavy (non-hydrogen) atoms. The standard InChI is InChI=1S/C11H7BrF2OS/c12-10-2-1-9(16-10)11(15)6-3-7(13)5-8(14)4-6/h1-5,11,15H. The van der Waals surface area contributed by atoms with Crippen LogP contribution in [0.25, 0.3) is 0 Å². The molecule has 1 atom stereocenters. The Morgan fingerprint density at radius 2 is 1.75 bits per heavy atom. The smallest absolute Gasteiger partial charge is 0.126 e. The molecule has 2 rings (SSSR count). The van der Waals surface area contributed by atoms with Crippen molar-refractivity contribution in [1.82, 2.24) is 0 Å². The van der Waals surface area contributed by atoms with Crippen LogP contribution in [-0.4, -0.2) is 5.11 Å². The lowest BCUT2D eigenvalue weighted by atomic mass is 10.1. The van der Waals surface area contributed by atoms with E-state index in [1.165, 1.54) is 11.3 Å². The van der Waals surface area contributed by atoms with Gasteiger partial charge in [-0.1, -0.05) is 0 Å². The van der Waals surface area contributed by atoms with Crippen LogP contribution in [0.15, 0.2) is 34.1 Å². The SMILES string of the molecule is OC(c1cc(F)cc(F)c1)c1ccc(Br)s1. The van der Waals surface area contributed by atoms with E-state index < -0.39 is 17.7 Å². The topological polar surface area (TPSA) is 20.2 Å². The Labute approximate surface area is 103 Å². The minimum Gasteiger partial charge on any atom is -0.383 e. The first-order chi connectivity index (χ1) is 7.56. The average molecular weight is 305 g/mol. The molecule has 0 bridgehead atoms. The monoisotopic (exact) mass is 304 g/mol. The molecule has 0 spiro atoms. The lowest BCUT2D eigenvalue weighted by Gasteiger charge is -2.08. The summed E-state index contributed by atoms with van der Waals surface area (Å²) in [6.07, 6.45) is -0.999. The first-order valence-electron chi connectivity index (χ1n) is 4.45. The first kappa shape index (κ1) is 11.7. The number of thiophene rings is 1. The molecule has 1 aromatic heterocycles. The summed E-state index contributed by atoms with van der Waals surface area (Å²) in [6.45, 7) is 0. The summed E-state index contributed by atoms with van der Waals surface area (Å²) in [4.78, 5) is 0.636. The van der Waals surface area contributed by atoms with Crippen molar-refractivity contribution in [2.45, 2.75) is 6.10 Å². The molecule has 84 valence electrons. The third-order valence-electron chi connectivity index (χ3n) is 2.06. The van der Waals surface area contributed by atoms with Crippen LogP contribution in [0.2, 0.25) is 0 Å². The van der Waals surface area contributed by atoms with E-state index >= 15 is 0 Å². The van der Waals surface area contributed by atoms with Gasteiger partial charge >= 0.3 is 0 Å². The van der Waals surface area contributed by atoms with E-state index in [-0.39, 0.29) is 5.56 Å². The van der Waals surface area contributed by atoms with Gasteiger partial charge in [-0.15, -0.1) is 11.3 Å². The Bertz CT molecular complexity index is 492. The fourth-order valence-electron chi connectivity index (χ4n) is 1.37. The van der Waals surface area contributed by atoms with Gasteiger partial charge in [-0.25, -0.2) is 8.78 Å². The molecular weight excluding hydrogens is 298 g/mol. The lowest BCUT2D eigenvalue weighted by Crippen LogP contribution is -1.98. The van der Waals surface area contributed by atoms with E-state index in [1.54, 1.807) is 12.1 Å². The van der Waals surface area contributed by atoms with Crippen LogP contribution in [0.1, 0.15) is 16.5 Å². The summed E-state index contributed by atoms with van der Waals surface area (Å²) in [5.41, 5.74) is 0.215. The van der Waals surface area contributed by atoms with Gasteiger partial charge in [0, 0.05) is 10.9 Å². The first-order valence-corrected chi connectivity index (χ1v) is 6.06. The Hall–Kier alpha value is -0.780. The molecule has 0 aliphatic carbocycles. The van der Waals surface area contributed by atoms with E-state index in [9.17, 15) is 13.9 Å². The summed E-state index contributed by atoms with van der Waals surface area (Å²) in [5, 5.41) is 9.91. The average Bonchev–Trinajstić information content (AvgIpc) is 2.62. The highest BCUT2D eigenvalue weighted by Crippen LogP contribution is 2.31. The van der Waals surface area contributed by atoms with Crippen LogP contribution in [0.3, 0.4) is 0 Å². The molecule has 1 N–H and O–H groups in total. The summed E-state index contributed by atoms with van der Waals surface area (Å²) in [7, 11) is 0. The zero-order valence-electron chi connectivity index (χ0n) is 7.95. The Balaban J connectivity index is 2.37. The summed E-state index contributed by atoms with van der Waals surface area (Å²) < 4.78 is 26.8. The van der Waals surface area contributed by atoms with Crippen LogP contribution >= 0.6 is 27.3 Å². The molecule has 0 radical (unpaired) electrons. The highest BCUT2D eigenvalue weighted by atomic mass is 79.9. The maximum Gasteiger partial charge on any atom is 0.126 e. The second kappa shape index (κ2) is 4.61. The molecule has 0 aliphatic heterocycles. The van der Waals surface area contributed by atoms with Crippen LogP contribution < -0.4 is 0 Å². The van der Waals surface area contributed by atoms with E-state index in [0.29, 0.717) is 4.88 Å². The molecule has 0 fully saturated rings. The van der Waals surface area contributed by atoms with Crippen LogP contribution in [-0.2, 0) is 0 Å². The molecule has 0 aliphatic rings. The van der Waals surface area contributed by atoms with E-state index in [0.717, 1.165) is 22.0 Å². The molecule has 0 saturated carbocycles. The van der Waals surface area contributed by atoms with Gasteiger partial charge in [0.25, 0.3) is 0 Å². The largest absolute Gasteiger partial charge is 0.383 e. The summed E-state index contributed by atoms with van der Waals surface area (Å²) >= 11 is 4.59. The third kappa shape index (κ3) is 2.48. The second-order valence-electron chi connectivity index (χ2n) is 3.25. The Morgan fingerprint density at radius 3 is 2.25 bits per heavy atom. The molecule has 1 unspecified atom stereocenters. The van der Waals surface area contributed by atoms with Gasteiger partial charge in [0.1, 0.15) is 17.7 Å². The normalized spacial score (nSPS) is 12.8. The fourth-order valence-corrected chi connectivity index (χ4v) is 2.81. The third-order valence-corrected chi connectivity index (χ3v) is 3.74. The highest BCUT2D eigenvalue weighted by molar-refractivity contribution is 9.11. The van der Waals surface area contributed by atoms with Crippen molar-refractivity contribution < 1.29 is 13.9 Å². The number of rotatable bonds is 2. The molecule has 1 nitrogen and oxygen atoms in total. The van der Waals surface area contributed by atoms with Crippen LogP contribution in [0, 0.1) is 11.6 Å². The maximum atomic E-state index is 13.0. The van der Waals surface area contributed by atoms with Crippen molar-refractivity contribution in [1.29, 1.82) is 0 Å². The van der Waals surface area contributed by atoms with Gasteiger partial charge in [0.15, 0.2) is 0 Å². The molecule has 1 heterocycles. The number of aliphatic hydroxyl groups is 1. The van der Waals surface area contributed by atoms with E-state index in [4.69, 9.17) is 0 Å². The lowest BCUT2D eigenvalue weighted by molar-refractivity contribution is 0.223.